The number of hydrogen-bond donors (Lipinski definition) is 0. The van der Waals surface area contributed by atoms with E-state index in [-0.39, 0.29) is 0 Å². The van der Waals surface area contributed by atoms with Crippen molar-refractivity contribution in [1.29, 1.82) is 0 Å². The summed E-state index contributed by atoms with van der Waals surface area (Å²) in [5.41, 5.74) is 0. The van der Waals surface area contributed by atoms with Crippen LogP contribution < -0.4 is 0 Å². The fraction of sp³-hybridized carbons (Fsp3) is 0.222. The van der Waals surface area contributed by atoms with E-state index in [4.69, 9.17) is 11.6 Å². The third kappa shape index (κ3) is 2.90. The average Bonchev–Trinajstić information content (AvgIpc) is 2.69. The highest BCUT2D eigenvalue weighted by atomic mass is 35.5. The predicted octanol–water partition coefficient (Wildman–Crippen LogP) is 3.30. The van der Waals surface area contributed by atoms with Crippen LogP contribution in [0.1, 0.15) is 12.7 Å². The van der Waals surface area contributed by atoms with Crippen LogP contribution in [0.5, 0.6) is 0 Å². The van der Waals surface area contributed by atoms with Gasteiger partial charge in [0.2, 0.25) is 0 Å². The van der Waals surface area contributed by atoms with E-state index in [9.17, 15) is 0 Å². The van der Waals surface area contributed by atoms with E-state index < -0.39 is 0 Å². The second-order valence-electron chi connectivity index (χ2n) is 2.70. The molecule has 0 aliphatic carbocycles. The molecule has 0 amide bonds. The molecule has 2 rings (SSSR count). The SMILES string of the molecule is CCc1nc(Cl)cc(Sc2nccs2)n1. The monoisotopic (exact) mass is 257 g/mol. The van der Waals surface area contributed by atoms with Crippen LogP contribution in [0.15, 0.2) is 27.0 Å². The van der Waals surface area contributed by atoms with Gasteiger partial charge in [-0.25, -0.2) is 15.0 Å². The normalized spacial score (nSPS) is 10.5. The number of hydrogen-bond acceptors (Lipinski definition) is 5. The van der Waals surface area contributed by atoms with Crippen LogP contribution in [-0.2, 0) is 6.42 Å². The first-order chi connectivity index (χ1) is 7.28. The van der Waals surface area contributed by atoms with Gasteiger partial charge in [-0.1, -0.05) is 18.5 Å². The van der Waals surface area contributed by atoms with Gasteiger partial charge in [-0.3, -0.25) is 0 Å². The summed E-state index contributed by atoms with van der Waals surface area (Å²) in [5.74, 6) is 0.765. The minimum atomic E-state index is 0.487. The molecule has 15 heavy (non-hydrogen) atoms. The molecule has 78 valence electrons. The fourth-order valence-corrected chi connectivity index (χ4v) is 2.86. The lowest BCUT2D eigenvalue weighted by atomic mass is 10.4. The van der Waals surface area contributed by atoms with Crippen molar-refractivity contribution in [3.63, 3.8) is 0 Å². The van der Waals surface area contributed by atoms with Crippen molar-refractivity contribution in [2.24, 2.45) is 0 Å². The first kappa shape index (κ1) is 10.9. The fourth-order valence-electron chi connectivity index (χ4n) is 1.00. The van der Waals surface area contributed by atoms with Crippen LogP contribution >= 0.6 is 34.7 Å². The molecule has 0 unspecified atom stereocenters. The third-order valence-electron chi connectivity index (χ3n) is 1.64. The lowest BCUT2D eigenvalue weighted by Gasteiger charge is -2.00. The summed E-state index contributed by atoms with van der Waals surface area (Å²) in [6.07, 6.45) is 2.56. The van der Waals surface area contributed by atoms with Gasteiger partial charge < -0.3 is 0 Å². The van der Waals surface area contributed by atoms with Gasteiger partial charge in [-0.05, 0) is 11.8 Å². The molecule has 3 nitrogen and oxygen atoms in total. The van der Waals surface area contributed by atoms with Crippen molar-refractivity contribution in [3.8, 4) is 0 Å². The number of aryl methyl sites for hydroxylation is 1. The summed E-state index contributed by atoms with van der Waals surface area (Å²) in [4.78, 5) is 12.6. The van der Waals surface area contributed by atoms with E-state index in [1.807, 2.05) is 12.3 Å². The second kappa shape index (κ2) is 4.92. The maximum atomic E-state index is 5.89. The van der Waals surface area contributed by atoms with Gasteiger partial charge in [0.05, 0.1) is 0 Å². The number of nitrogens with zero attached hydrogens (tertiary/aromatic N) is 3. The van der Waals surface area contributed by atoms with E-state index in [0.29, 0.717) is 5.15 Å². The second-order valence-corrected chi connectivity index (χ2v) is 5.25. The Labute approximate surface area is 101 Å². The van der Waals surface area contributed by atoms with E-state index in [1.54, 1.807) is 23.6 Å². The average molecular weight is 258 g/mol. The summed E-state index contributed by atoms with van der Waals surface area (Å²) < 4.78 is 0.965. The standard InChI is InChI=1S/C9H8ClN3S2/c1-2-7-12-6(10)5-8(13-7)15-9-11-3-4-14-9/h3-5H,2H2,1H3. The van der Waals surface area contributed by atoms with E-state index in [0.717, 1.165) is 21.6 Å². The Hall–Kier alpha value is -0.650. The quantitative estimate of drug-likeness (QED) is 0.791. The van der Waals surface area contributed by atoms with Crippen molar-refractivity contribution >= 4 is 34.7 Å². The Bertz CT molecular complexity index is 445. The van der Waals surface area contributed by atoms with Crippen LogP contribution in [0.4, 0.5) is 0 Å². The van der Waals surface area contributed by atoms with Crippen molar-refractivity contribution in [3.05, 3.63) is 28.6 Å². The Kier molecular flexibility index (Phi) is 3.56. The number of halogens is 1. The van der Waals surface area contributed by atoms with Crippen LogP contribution in [0.3, 0.4) is 0 Å². The number of rotatable bonds is 3. The third-order valence-corrected chi connectivity index (χ3v) is 3.63. The Morgan fingerprint density at radius 2 is 2.33 bits per heavy atom. The smallest absolute Gasteiger partial charge is 0.156 e. The zero-order valence-electron chi connectivity index (χ0n) is 7.98. The molecule has 2 aromatic rings. The molecule has 0 aliphatic heterocycles. The molecular weight excluding hydrogens is 250 g/mol. The molecule has 0 aliphatic rings. The molecule has 0 saturated carbocycles. The highest BCUT2D eigenvalue weighted by Crippen LogP contribution is 2.28. The first-order valence-corrected chi connectivity index (χ1v) is 6.46. The van der Waals surface area contributed by atoms with E-state index in [2.05, 4.69) is 15.0 Å². The number of thiazole rings is 1. The summed E-state index contributed by atoms with van der Waals surface area (Å²) in [6, 6.07) is 1.76. The van der Waals surface area contributed by atoms with Gasteiger partial charge in [0, 0.05) is 24.1 Å². The molecule has 0 radical (unpaired) electrons. The lowest BCUT2D eigenvalue weighted by molar-refractivity contribution is 0.888. The van der Waals surface area contributed by atoms with Gasteiger partial charge in [0.25, 0.3) is 0 Å². The first-order valence-electron chi connectivity index (χ1n) is 4.38. The van der Waals surface area contributed by atoms with Gasteiger partial charge in [0.15, 0.2) is 4.34 Å². The van der Waals surface area contributed by atoms with Crippen LogP contribution in [-0.4, -0.2) is 15.0 Å². The van der Waals surface area contributed by atoms with Gasteiger partial charge in [0.1, 0.15) is 16.0 Å². The lowest BCUT2D eigenvalue weighted by Crippen LogP contribution is -1.94. The summed E-state index contributed by atoms with van der Waals surface area (Å²) >= 11 is 8.98. The molecule has 0 N–H and O–H groups in total. The summed E-state index contributed by atoms with van der Waals surface area (Å²) in [6.45, 7) is 2.00. The van der Waals surface area contributed by atoms with E-state index in [1.165, 1.54) is 11.8 Å². The van der Waals surface area contributed by atoms with Gasteiger partial charge >= 0.3 is 0 Å². The topological polar surface area (TPSA) is 38.7 Å². The van der Waals surface area contributed by atoms with Crippen molar-refractivity contribution in [1.82, 2.24) is 15.0 Å². The minimum absolute atomic E-state index is 0.487. The minimum Gasteiger partial charge on any atom is -0.238 e. The van der Waals surface area contributed by atoms with Crippen LogP contribution in [0.25, 0.3) is 0 Å². The molecule has 0 spiro atoms. The molecule has 0 saturated heterocycles. The number of aromatic nitrogens is 3. The predicted molar refractivity (Wildman–Crippen MR) is 62.7 cm³/mol. The molecule has 6 heteroatoms. The van der Waals surface area contributed by atoms with Gasteiger partial charge in [-0.15, -0.1) is 11.3 Å². The maximum Gasteiger partial charge on any atom is 0.156 e. The molecular formula is C9H8ClN3S2. The summed E-state index contributed by atoms with van der Waals surface area (Å²) in [5, 5.41) is 3.27. The van der Waals surface area contributed by atoms with Gasteiger partial charge in [-0.2, -0.15) is 0 Å². The maximum absolute atomic E-state index is 5.89. The molecule has 0 atom stereocenters. The van der Waals surface area contributed by atoms with Crippen molar-refractivity contribution in [2.45, 2.75) is 22.7 Å². The molecule has 0 fully saturated rings. The van der Waals surface area contributed by atoms with Crippen molar-refractivity contribution < 1.29 is 0 Å². The molecule has 2 heterocycles. The zero-order chi connectivity index (χ0) is 10.7. The largest absolute Gasteiger partial charge is 0.238 e. The molecule has 0 aromatic carbocycles. The Balaban J connectivity index is 2.24. The van der Waals surface area contributed by atoms with Crippen molar-refractivity contribution in [2.75, 3.05) is 0 Å². The zero-order valence-corrected chi connectivity index (χ0v) is 10.4. The van der Waals surface area contributed by atoms with E-state index >= 15 is 0 Å². The highest BCUT2D eigenvalue weighted by Gasteiger charge is 2.05. The van der Waals surface area contributed by atoms with Crippen LogP contribution in [0, 0.1) is 0 Å². The summed E-state index contributed by atoms with van der Waals surface area (Å²) in [7, 11) is 0. The highest BCUT2D eigenvalue weighted by molar-refractivity contribution is 8.01. The Morgan fingerprint density at radius 3 is 3.00 bits per heavy atom. The molecule has 2 aromatic heterocycles. The Morgan fingerprint density at radius 1 is 1.47 bits per heavy atom. The van der Waals surface area contributed by atoms with Crippen LogP contribution in [0.2, 0.25) is 5.15 Å². The molecule has 0 bridgehead atoms.